The van der Waals surface area contributed by atoms with Crippen LogP contribution >= 0.6 is 0 Å². The van der Waals surface area contributed by atoms with E-state index in [9.17, 15) is 9.59 Å². The predicted octanol–water partition coefficient (Wildman–Crippen LogP) is 2.22. The van der Waals surface area contributed by atoms with Gasteiger partial charge in [0.2, 0.25) is 0 Å². The van der Waals surface area contributed by atoms with Crippen LogP contribution in [-0.4, -0.2) is 67.5 Å². The van der Waals surface area contributed by atoms with Crippen LogP contribution in [-0.2, 0) is 20.8 Å². The number of allylic oxidation sites excluding steroid dienone is 1. The van der Waals surface area contributed by atoms with Crippen molar-refractivity contribution in [2.45, 2.75) is 25.6 Å². The molecule has 1 aliphatic heterocycles. The minimum absolute atomic E-state index is 0.379. The minimum atomic E-state index is -1.03. The van der Waals surface area contributed by atoms with Crippen LogP contribution in [0.2, 0.25) is 0 Å². The summed E-state index contributed by atoms with van der Waals surface area (Å²) in [6.45, 7) is 6.06. The van der Waals surface area contributed by atoms with E-state index in [0.29, 0.717) is 5.56 Å². The molecule has 0 bridgehead atoms. The van der Waals surface area contributed by atoms with Gasteiger partial charge in [0.25, 0.3) is 11.8 Å². The summed E-state index contributed by atoms with van der Waals surface area (Å²) < 4.78 is 10.5. The normalized spacial score (nSPS) is 15.6. The zero-order valence-corrected chi connectivity index (χ0v) is 20.0. The Morgan fingerprint density at radius 2 is 1.83 bits per heavy atom. The number of rotatable bonds is 8. The van der Waals surface area contributed by atoms with Crippen LogP contribution in [0, 0.1) is 11.8 Å². The minimum Gasteiger partial charge on any atom is -0.379 e. The number of methoxy groups -OCH3 is 1. The number of ether oxygens (including phenoxy) is 2. The summed E-state index contributed by atoms with van der Waals surface area (Å²) in [5, 5.41) is 11.5. The van der Waals surface area contributed by atoms with Crippen molar-refractivity contribution in [1.82, 2.24) is 15.7 Å². The lowest BCUT2D eigenvalue weighted by Crippen LogP contribution is -2.52. The van der Waals surface area contributed by atoms with Gasteiger partial charge in [-0.25, -0.2) is 5.48 Å². The van der Waals surface area contributed by atoms with Crippen LogP contribution in [0.25, 0.3) is 6.08 Å². The molecule has 0 spiro atoms. The maximum atomic E-state index is 12.5. The van der Waals surface area contributed by atoms with Gasteiger partial charge in [-0.3, -0.25) is 19.7 Å². The Hall–Kier alpha value is -3.48. The molecule has 1 aliphatic rings. The second kappa shape index (κ2) is 13.4. The largest absolute Gasteiger partial charge is 0.379 e. The van der Waals surface area contributed by atoms with Crippen molar-refractivity contribution in [3.63, 3.8) is 0 Å². The van der Waals surface area contributed by atoms with Gasteiger partial charge in [0.1, 0.15) is 6.04 Å². The molecule has 0 aromatic heterocycles. The molecule has 3 rings (SSSR count). The monoisotopic (exact) mass is 477 g/mol. The highest BCUT2D eigenvalue weighted by atomic mass is 16.5. The molecule has 3 N–H and O–H groups in total. The smallest absolute Gasteiger partial charge is 0.268 e. The summed E-state index contributed by atoms with van der Waals surface area (Å²) in [6.07, 6.45) is 3.00. The number of carbonyl (C=O) groups excluding carboxylic acids is 2. The van der Waals surface area contributed by atoms with Crippen LogP contribution in [0.3, 0.4) is 0 Å². The summed E-state index contributed by atoms with van der Waals surface area (Å²) in [5.41, 5.74) is 5.01. The van der Waals surface area contributed by atoms with E-state index < -0.39 is 24.0 Å². The molecule has 0 aliphatic carbocycles. The molecule has 0 saturated carbocycles. The average Bonchev–Trinajstić information content (AvgIpc) is 2.90. The quantitative estimate of drug-likeness (QED) is 0.306. The maximum Gasteiger partial charge on any atom is 0.268 e. The zero-order chi connectivity index (χ0) is 25.0. The molecular formula is C27H31N3O5. The first-order valence-electron chi connectivity index (χ1n) is 11.4. The van der Waals surface area contributed by atoms with Crippen LogP contribution < -0.4 is 10.8 Å². The van der Waals surface area contributed by atoms with E-state index in [1.54, 1.807) is 42.7 Å². The first-order valence-corrected chi connectivity index (χ1v) is 11.4. The summed E-state index contributed by atoms with van der Waals surface area (Å²) in [5.74, 6) is 4.96. The lowest BCUT2D eigenvalue weighted by molar-refractivity contribution is -0.134. The standard InChI is InChI=1S/C27H31N3O5/c1-20(34-2)25(27(32)29-33)28-26(31)24-13-11-22(12-14-24)6-4-3-5-21-7-9-23(10-8-21)19-30-15-17-35-18-16-30/h4,6-14,20,25,33H,15-19H2,1-2H3,(H,28,31)(H,29,32)/b6-4+/t20?,25-/m0/s1. The van der Waals surface area contributed by atoms with Crippen molar-refractivity contribution in [2.24, 2.45) is 0 Å². The first kappa shape index (κ1) is 26.1. The highest BCUT2D eigenvalue weighted by Gasteiger charge is 2.27. The van der Waals surface area contributed by atoms with Gasteiger partial charge in [-0.05, 0) is 54.5 Å². The molecule has 2 amide bonds. The molecule has 8 heteroatoms. The van der Waals surface area contributed by atoms with E-state index in [1.807, 2.05) is 18.2 Å². The third-order valence-electron chi connectivity index (χ3n) is 5.73. The molecule has 2 aromatic carbocycles. The second-order valence-corrected chi connectivity index (χ2v) is 8.18. The number of nitrogens with one attached hydrogen (secondary N) is 2. The Kier molecular flexibility index (Phi) is 10.0. The fourth-order valence-corrected chi connectivity index (χ4v) is 3.55. The molecule has 184 valence electrons. The zero-order valence-electron chi connectivity index (χ0n) is 20.0. The lowest BCUT2D eigenvalue weighted by atomic mass is 10.1. The molecular weight excluding hydrogens is 446 g/mol. The van der Waals surface area contributed by atoms with E-state index in [0.717, 1.165) is 44.0 Å². The number of hydrogen-bond acceptors (Lipinski definition) is 6. The average molecular weight is 478 g/mol. The number of carbonyl (C=O) groups is 2. The second-order valence-electron chi connectivity index (χ2n) is 8.18. The van der Waals surface area contributed by atoms with Crippen LogP contribution in [0.1, 0.15) is 34.0 Å². The van der Waals surface area contributed by atoms with E-state index in [-0.39, 0.29) is 0 Å². The van der Waals surface area contributed by atoms with Gasteiger partial charge >= 0.3 is 0 Å². The van der Waals surface area contributed by atoms with Crippen LogP contribution in [0.4, 0.5) is 0 Å². The third-order valence-corrected chi connectivity index (χ3v) is 5.73. The van der Waals surface area contributed by atoms with E-state index >= 15 is 0 Å². The van der Waals surface area contributed by atoms with E-state index in [4.69, 9.17) is 14.7 Å². The van der Waals surface area contributed by atoms with Crippen molar-refractivity contribution < 1.29 is 24.3 Å². The summed E-state index contributed by atoms with van der Waals surface area (Å²) >= 11 is 0. The molecule has 2 atom stereocenters. The van der Waals surface area contributed by atoms with Crippen molar-refractivity contribution in [3.8, 4) is 11.8 Å². The topological polar surface area (TPSA) is 100 Å². The van der Waals surface area contributed by atoms with Gasteiger partial charge in [0, 0.05) is 37.9 Å². The fraction of sp³-hybridized carbons (Fsp3) is 0.333. The lowest BCUT2D eigenvalue weighted by Gasteiger charge is -2.26. The van der Waals surface area contributed by atoms with Crippen molar-refractivity contribution in [2.75, 3.05) is 33.4 Å². The molecule has 1 unspecified atom stereocenters. The number of amides is 2. The fourth-order valence-electron chi connectivity index (χ4n) is 3.55. The molecule has 35 heavy (non-hydrogen) atoms. The summed E-state index contributed by atoms with van der Waals surface area (Å²) in [6, 6.07) is 14.1. The van der Waals surface area contributed by atoms with E-state index in [1.165, 1.54) is 12.7 Å². The Morgan fingerprint density at radius 1 is 1.14 bits per heavy atom. The molecule has 8 nitrogen and oxygen atoms in total. The Morgan fingerprint density at radius 3 is 2.46 bits per heavy atom. The number of benzene rings is 2. The molecule has 0 radical (unpaired) electrons. The Balaban J connectivity index is 1.53. The van der Waals surface area contributed by atoms with Gasteiger partial charge in [-0.15, -0.1) is 0 Å². The molecule has 1 fully saturated rings. The van der Waals surface area contributed by atoms with Crippen molar-refractivity contribution in [1.29, 1.82) is 0 Å². The van der Waals surface area contributed by atoms with Crippen LogP contribution in [0.15, 0.2) is 54.6 Å². The van der Waals surface area contributed by atoms with Gasteiger partial charge in [0.15, 0.2) is 0 Å². The molecule has 2 aromatic rings. The van der Waals surface area contributed by atoms with E-state index in [2.05, 4.69) is 34.2 Å². The highest BCUT2D eigenvalue weighted by Crippen LogP contribution is 2.10. The predicted molar refractivity (Wildman–Crippen MR) is 133 cm³/mol. The molecule has 1 heterocycles. The maximum absolute atomic E-state index is 12.5. The van der Waals surface area contributed by atoms with Gasteiger partial charge in [-0.1, -0.05) is 36.1 Å². The van der Waals surface area contributed by atoms with Gasteiger partial charge < -0.3 is 14.8 Å². The van der Waals surface area contributed by atoms with Crippen LogP contribution in [0.5, 0.6) is 0 Å². The summed E-state index contributed by atoms with van der Waals surface area (Å²) in [7, 11) is 1.42. The van der Waals surface area contributed by atoms with Gasteiger partial charge in [-0.2, -0.15) is 0 Å². The Bertz CT molecular complexity index is 1060. The first-order chi connectivity index (χ1) is 17.0. The summed E-state index contributed by atoms with van der Waals surface area (Å²) in [4.78, 5) is 26.7. The van der Waals surface area contributed by atoms with Gasteiger partial charge in [0.05, 0.1) is 19.3 Å². The number of hydrogen-bond donors (Lipinski definition) is 3. The Labute approximate surface area is 205 Å². The van der Waals surface area contributed by atoms with Crippen molar-refractivity contribution in [3.05, 3.63) is 76.9 Å². The van der Waals surface area contributed by atoms with Crippen molar-refractivity contribution >= 4 is 17.9 Å². The number of hydroxylamine groups is 1. The SMILES string of the molecule is COC(C)[C@H](NC(=O)c1ccc(/C=C/C#Cc2ccc(CN3CCOCC3)cc2)cc1)C(=O)NO. The third kappa shape index (κ3) is 8.05. The molecule has 1 saturated heterocycles. The highest BCUT2D eigenvalue weighted by molar-refractivity contribution is 5.97. The number of nitrogens with zero attached hydrogens (tertiary/aromatic N) is 1. The number of morpholine rings is 1.